The minimum absolute atomic E-state index is 0.00754. The van der Waals surface area contributed by atoms with Gasteiger partial charge in [0.1, 0.15) is 5.60 Å². The van der Waals surface area contributed by atoms with Crippen LogP contribution in [0.4, 0.5) is 4.79 Å². The number of ether oxygens (including phenoxy) is 1. The van der Waals surface area contributed by atoms with E-state index in [2.05, 4.69) is 4.98 Å². The molecule has 2 fully saturated rings. The van der Waals surface area contributed by atoms with Crippen LogP contribution in [0, 0.1) is 5.92 Å². The van der Waals surface area contributed by atoms with Gasteiger partial charge in [0, 0.05) is 37.6 Å². The first-order chi connectivity index (χ1) is 10.8. The third-order valence-corrected chi connectivity index (χ3v) is 4.25. The Morgan fingerprint density at radius 3 is 2.52 bits per heavy atom. The molecule has 2 aliphatic rings. The standard InChI is InChI=1S/C17H23N3O3/c1-17(2,3)23-16(22)20-10-12-8-14(20)11-19(9-12)15(21)13-4-6-18-7-5-13/h4-7,12,14H,8-11H2,1-3H3/t12-,14+/m0/s1. The zero-order valence-corrected chi connectivity index (χ0v) is 13.9. The van der Waals surface area contributed by atoms with Crippen molar-refractivity contribution in [1.29, 1.82) is 0 Å². The molecule has 6 nitrogen and oxygen atoms in total. The Morgan fingerprint density at radius 2 is 1.87 bits per heavy atom. The van der Waals surface area contributed by atoms with Crippen molar-refractivity contribution in [2.45, 2.75) is 38.8 Å². The summed E-state index contributed by atoms with van der Waals surface area (Å²) in [5.41, 5.74) is 0.144. The minimum Gasteiger partial charge on any atom is -0.444 e. The molecule has 3 heterocycles. The topological polar surface area (TPSA) is 62.7 Å². The second-order valence-electron chi connectivity index (χ2n) is 7.33. The Labute approximate surface area is 136 Å². The number of aromatic nitrogens is 1. The lowest BCUT2D eigenvalue weighted by atomic mass is 9.99. The van der Waals surface area contributed by atoms with Crippen molar-refractivity contribution in [3.05, 3.63) is 30.1 Å². The zero-order chi connectivity index (χ0) is 16.6. The summed E-state index contributed by atoms with van der Waals surface area (Å²) < 4.78 is 5.49. The smallest absolute Gasteiger partial charge is 0.410 e. The highest BCUT2D eigenvalue weighted by Crippen LogP contribution is 2.31. The first-order valence-corrected chi connectivity index (χ1v) is 8.02. The van der Waals surface area contributed by atoms with E-state index in [0.717, 1.165) is 6.42 Å². The lowest BCUT2D eigenvalue weighted by Crippen LogP contribution is -2.47. The van der Waals surface area contributed by atoms with E-state index in [9.17, 15) is 9.59 Å². The predicted octanol–water partition coefficient (Wildman–Crippen LogP) is 2.16. The molecule has 1 aromatic rings. The third-order valence-electron chi connectivity index (χ3n) is 4.25. The van der Waals surface area contributed by atoms with E-state index in [0.29, 0.717) is 31.1 Å². The molecule has 0 unspecified atom stereocenters. The largest absolute Gasteiger partial charge is 0.444 e. The Bertz CT molecular complexity index is 597. The van der Waals surface area contributed by atoms with Gasteiger partial charge in [-0.2, -0.15) is 0 Å². The van der Waals surface area contributed by atoms with Gasteiger partial charge in [-0.15, -0.1) is 0 Å². The van der Waals surface area contributed by atoms with E-state index >= 15 is 0 Å². The van der Waals surface area contributed by atoms with Crippen LogP contribution >= 0.6 is 0 Å². The van der Waals surface area contributed by atoms with Crippen LogP contribution < -0.4 is 0 Å². The maximum Gasteiger partial charge on any atom is 0.410 e. The average molecular weight is 317 g/mol. The number of piperidine rings is 1. The van der Waals surface area contributed by atoms with Crippen LogP contribution in [0.5, 0.6) is 0 Å². The van der Waals surface area contributed by atoms with Gasteiger partial charge >= 0.3 is 6.09 Å². The number of likely N-dealkylation sites (tertiary alicyclic amines) is 2. The van der Waals surface area contributed by atoms with Crippen molar-refractivity contribution in [3.8, 4) is 0 Å². The normalized spacial score (nSPS) is 23.8. The first-order valence-electron chi connectivity index (χ1n) is 8.02. The summed E-state index contributed by atoms with van der Waals surface area (Å²) >= 11 is 0. The van der Waals surface area contributed by atoms with Crippen molar-refractivity contribution < 1.29 is 14.3 Å². The number of rotatable bonds is 1. The molecule has 23 heavy (non-hydrogen) atoms. The van der Waals surface area contributed by atoms with Gasteiger partial charge in [0.15, 0.2) is 0 Å². The van der Waals surface area contributed by atoms with Crippen molar-refractivity contribution >= 4 is 12.0 Å². The van der Waals surface area contributed by atoms with Crippen LogP contribution in [-0.4, -0.2) is 58.1 Å². The Hall–Kier alpha value is -2.11. The van der Waals surface area contributed by atoms with Crippen LogP contribution in [0.1, 0.15) is 37.6 Å². The average Bonchev–Trinajstić information content (AvgIpc) is 2.80. The molecule has 0 aromatic carbocycles. The summed E-state index contributed by atoms with van der Waals surface area (Å²) in [6.45, 7) is 7.53. The molecule has 2 atom stereocenters. The molecule has 0 spiro atoms. The molecule has 2 amide bonds. The molecule has 2 saturated heterocycles. The van der Waals surface area contributed by atoms with Crippen LogP contribution in [-0.2, 0) is 4.74 Å². The molecular weight excluding hydrogens is 294 g/mol. The van der Waals surface area contributed by atoms with E-state index < -0.39 is 5.60 Å². The number of amides is 2. The molecule has 2 bridgehead atoms. The van der Waals surface area contributed by atoms with Gasteiger partial charge in [-0.25, -0.2) is 4.79 Å². The number of nitrogens with zero attached hydrogens (tertiary/aromatic N) is 3. The van der Waals surface area contributed by atoms with E-state index in [4.69, 9.17) is 4.74 Å². The highest BCUT2D eigenvalue weighted by molar-refractivity contribution is 5.94. The number of carbonyl (C=O) groups excluding carboxylic acids is 2. The van der Waals surface area contributed by atoms with E-state index in [1.54, 1.807) is 29.4 Å². The third kappa shape index (κ3) is 3.46. The minimum atomic E-state index is -0.500. The molecular formula is C17H23N3O3. The maximum atomic E-state index is 12.6. The second kappa shape index (κ2) is 5.83. The number of pyridine rings is 1. The molecule has 124 valence electrons. The zero-order valence-electron chi connectivity index (χ0n) is 13.9. The molecule has 0 saturated carbocycles. The van der Waals surface area contributed by atoms with Gasteiger partial charge in [0.05, 0.1) is 6.04 Å². The van der Waals surface area contributed by atoms with Gasteiger partial charge in [-0.05, 0) is 45.2 Å². The number of hydrogen-bond donors (Lipinski definition) is 0. The summed E-state index contributed by atoms with van der Waals surface area (Å²) in [5.74, 6) is 0.334. The summed E-state index contributed by atoms with van der Waals surface area (Å²) in [7, 11) is 0. The first kappa shape index (κ1) is 15.8. The van der Waals surface area contributed by atoms with Gasteiger partial charge in [0.25, 0.3) is 5.91 Å². The highest BCUT2D eigenvalue weighted by Gasteiger charge is 2.43. The van der Waals surface area contributed by atoms with Crippen LogP contribution in [0.25, 0.3) is 0 Å². The second-order valence-corrected chi connectivity index (χ2v) is 7.33. The van der Waals surface area contributed by atoms with E-state index in [1.165, 1.54) is 0 Å². The fourth-order valence-corrected chi connectivity index (χ4v) is 3.35. The van der Waals surface area contributed by atoms with Gasteiger partial charge in [0.2, 0.25) is 0 Å². The summed E-state index contributed by atoms with van der Waals surface area (Å²) in [4.78, 5) is 32.5. The Balaban J connectivity index is 1.68. The summed E-state index contributed by atoms with van der Waals surface area (Å²) in [5, 5.41) is 0. The molecule has 3 rings (SSSR count). The van der Waals surface area contributed by atoms with Crippen LogP contribution in [0.3, 0.4) is 0 Å². The lowest BCUT2D eigenvalue weighted by Gasteiger charge is -2.33. The van der Waals surface area contributed by atoms with E-state index in [-0.39, 0.29) is 18.0 Å². The predicted molar refractivity (Wildman–Crippen MR) is 85.0 cm³/mol. The van der Waals surface area contributed by atoms with Crippen molar-refractivity contribution in [1.82, 2.24) is 14.8 Å². The fraction of sp³-hybridized carbons (Fsp3) is 0.588. The maximum absolute atomic E-state index is 12.6. The van der Waals surface area contributed by atoms with E-state index in [1.807, 2.05) is 25.7 Å². The van der Waals surface area contributed by atoms with Crippen molar-refractivity contribution in [2.24, 2.45) is 5.92 Å². The molecule has 0 radical (unpaired) electrons. The van der Waals surface area contributed by atoms with Crippen molar-refractivity contribution in [2.75, 3.05) is 19.6 Å². The molecule has 0 aliphatic carbocycles. The molecule has 0 N–H and O–H groups in total. The van der Waals surface area contributed by atoms with Crippen LogP contribution in [0.15, 0.2) is 24.5 Å². The fourth-order valence-electron chi connectivity index (χ4n) is 3.35. The summed E-state index contributed by atoms with van der Waals surface area (Å²) in [6.07, 6.45) is 3.92. The lowest BCUT2D eigenvalue weighted by molar-refractivity contribution is 0.0207. The molecule has 2 aliphatic heterocycles. The number of hydrogen-bond acceptors (Lipinski definition) is 4. The van der Waals surface area contributed by atoms with Crippen LogP contribution in [0.2, 0.25) is 0 Å². The summed E-state index contributed by atoms with van der Waals surface area (Å²) in [6, 6.07) is 3.50. The highest BCUT2D eigenvalue weighted by atomic mass is 16.6. The van der Waals surface area contributed by atoms with Gasteiger partial charge < -0.3 is 14.5 Å². The quantitative estimate of drug-likeness (QED) is 0.796. The molecule has 6 heteroatoms. The Morgan fingerprint density at radius 1 is 1.17 bits per heavy atom. The molecule has 1 aromatic heterocycles. The van der Waals surface area contributed by atoms with Gasteiger partial charge in [-0.1, -0.05) is 0 Å². The monoisotopic (exact) mass is 317 g/mol. The number of carbonyl (C=O) groups is 2. The SMILES string of the molecule is CC(C)(C)OC(=O)N1C[C@H]2C[C@@H]1CN(C(=O)c1ccncc1)C2. The van der Waals surface area contributed by atoms with Gasteiger partial charge in [-0.3, -0.25) is 9.78 Å². The van der Waals surface area contributed by atoms with Crippen molar-refractivity contribution in [3.63, 3.8) is 0 Å². The Kier molecular flexibility index (Phi) is 4.00. The number of fused-ring (bicyclic) bond motifs is 2.